The van der Waals surface area contributed by atoms with Crippen LogP contribution in [0, 0.1) is 6.92 Å². The first kappa shape index (κ1) is 13.7. The van der Waals surface area contributed by atoms with Crippen LogP contribution in [0.1, 0.15) is 28.7 Å². The second-order valence-corrected chi connectivity index (χ2v) is 6.12. The van der Waals surface area contributed by atoms with Crippen molar-refractivity contribution in [3.05, 3.63) is 64.7 Å². The lowest BCUT2D eigenvalue weighted by Crippen LogP contribution is -2.23. The molecule has 1 aliphatic heterocycles. The third-order valence-corrected chi connectivity index (χ3v) is 4.68. The zero-order chi connectivity index (χ0) is 13.9. The fourth-order valence-corrected chi connectivity index (χ4v) is 3.49. The Labute approximate surface area is 129 Å². The molecule has 0 bridgehead atoms. The van der Waals surface area contributed by atoms with E-state index in [-0.39, 0.29) is 0 Å². The molecule has 0 N–H and O–H groups in total. The van der Waals surface area contributed by atoms with Crippen molar-refractivity contribution in [1.29, 1.82) is 0 Å². The summed E-state index contributed by atoms with van der Waals surface area (Å²) in [7, 11) is 0. The van der Waals surface area contributed by atoms with Gasteiger partial charge in [0, 0.05) is 24.1 Å². The van der Waals surface area contributed by atoms with Crippen molar-refractivity contribution < 1.29 is 0 Å². The lowest BCUT2D eigenvalue weighted by Gasteiger charge is -2.26. The van der Waals surface area contributed by atoms with Crippen molar-refractivity contribution in [3.8, 4) is 0 Å². The first-order chi connectivity index (χ1) is 9.78. The van der Waals surface area contributed by atoms with E-state index in [4.69, 9.17) is 0 Å². The number of nitrogens with zero attached hydrogens (tertiary/aromatic N) is 1. The molecule has 0 atom stereocenters. The van der Waals surface area contributed by atoms with E-state index in [1.807, 2.05) is 0 Å². The van der Waals surface area contributed by atoms with E-state index >= 15 is 0 Å². The van der Waals surface area contributed by atoms with Crippen LogP contribution in [0.3, 0.4) is 0 Å². The average molecular weight is 330 g/mol. The van der Waals surface area contributed by atoms with Crippen molar-refractivity contribution in [2.45, 2.75) is 31.6 Å². The van der Waals surface area contributed by atoms with Crippen molar-refractivity contribution in [2.75, 3.05) is 11.4 Å². The van der Waals surface area contributed by atoms with Gasteiger partial charge in [0.25, 0.3) is 0 Å². The fraction of sp³-hybridized carbons (Fsp3) is 0.333. The molecule has 0 unspecified atom stereocenters. The number of hydrogen-bond acceptors (Lipinski definition) is 1. The van der Waals surface area contributed by atoms with Gasteiger partial charge in [-0.25, -0.2) is 0 Å². The van der Waals surface area contributed by atoms with Crippen LogP contribution in [-0.2, 0) is 18.3 Å². The second-order valence-electron chi connectivity index (χ2n) is 5.56. The van der Waals surface area contributed by atoms with Gasteiger partial charge in [-0.1, -0.05) is 57.9 Å². The largest absolute Gasteiger partial charge is 0.367 e. The van der Waals surface area contributed by atoms with Gasteiger partial charge in [-0.3, -0.25) is 0 Å². The molecule has 1 aliphatic rings. The molecule has 2 aromatic rings. The highest BCUT2D eigenvalue weighted by molar-refractivity contribution is 9.08. The number of alkyl halides is 1. The second kappa shape index (κ2) is 6.01. The minimum absolute atomic E-state index is 0.919. The summed E-state index contributed by atoms with van der Waals surface area (Å²) in [6, 6.07) is 15.7. The molecular weight excluding hydrogens is 310 g/mol. The molecule has 0 saturated carbocycles. The van der Waals surface area contributed by atoms with Crippen LogP contribution in [0.4, 0.5) is 5.69 Å². The molecule has 0 fully saturated rings. The van der Waals surface area contributed by atoms with E-state index in [1.54, 1.807) is 0 Å². The molecular formula is C18H20BrN. The van der Waals surface area contributed by atoms with E-state index in [2.05, 4.69) is 70.2 Å². The molecule has 3 rings (SSSR count). The van der Waals surface area contributed by atoms with E-state index in [1.165, 1.54) is 40.8 Å². The maximum atomic E-state index is 3.63. The Morgan fingerprint density at radius 1 is 1.10 bits per heavy atom. The number of anilines is 1. The third-order valence-electron chi connectivity index (χ3n) is 4.07. The zero-order valence-corrected chi connectivity index (χ0v) is 13.5. The van der Waals surface area contributed by atoms with Crippen LogP contribution in [0.25, 0.3) is 0 Å². The SMILES string of the molecule is Cc1ccc(N2CCCc3ccccc3C2)c(CBr)c1. The Morgan fingerprint density at radius 3 is 2.70 bits per heavy atom. The summed E-state index contributed by atoms with van der Waals surface area (Å²) in [6.07, 6.45) is 2.43. The molecule has 0 spiro atoms. The van der Waals surface area contributed by atoms with Crippen molar-refractivity contribution in [2.24, 2.45) is 0 Å². The van der Waals surface area contributed by atoms with Crippen LogP contribution < -0.4 is 4.90 Å². The Balaban J connectivity index is 1.95. The minimum atomic E-state index is 0.919. The van der Waals surface area contributed by atoms with Gasteiger partial charge in [-0.15, -0.1) is 0 Å². The normalized spacial score (nSPS) is 14.8. The predicted molar refractivity (Wildman–Crippen MR) is 89.6 cm³/mol. The van der Waals surface area contributed by atoms with Crippen LogP contribution in [0.2, 0.25) is 0 Å². The third kappa shape index (κ3) is 2.76. The first-order valence-corrected chi connectivity index (χ1v) is 8.37. The highest BCUT2D eigenvalue weighted by Crippen LogP contribution is 2.28. The maximum absolute atomic E-state index is 3.63. The summed E-state index contributed by atoms with van der Waals surface area (Å²) in [5, 5.41) is 0.919. The van der Waals surface area contributed by atoms with Crippen LogP contribution in [0.15, 0.2) is 42.5 Å². The van der Waals surface area contributed by atoms with Gasteiger partial charge in [0.2, 0.25) is 0 Å². The smallest absolute Gasteiger partial charge is 0.0432 e. The Kier molecular flexibility index (Phi) is 4.11. The van der Waals surface area contributed by atoms with E-state index in [0.29, 0.717) is 0 Å². The van der Waals surface area contributed by atoms with E-state index < -0.39 is 0 Å². The number of aryl methyl sites for hydroxylation is 2. The predicted octanol–water partition coefficient (Wildman–Crippen LogP) is 4.84. The Morgan fingerprint density at radius 2 is 1.90 bits per heavy atom. The maximum Gasteiger partial charge on any atom is 0.0432 e. The molecule has 1 heterocycles. The molecule has 2 aromatic carbocycles. The van der Waals surface area contributed by atoms with Gasteiger partial charge in [0.15, 0.2) is 0 Å². The van der Waals surface area contributed by atoms with Gasteiger partial charge in [0.05, 0.1) is 0 Å². The number of halogens is 1. The molecule has 2 heteroatoms. The van der Waals surface area contributed by atoms with Gasteiger partial charge < -0.3 is 4.90 Å². The topological polar surface area (TPSA) is 3.24 Å². The molecule has 0 aromatic heterocycles. The summed E-state index contributed by atoms with van der Waals surface area (Å²) in [4.78, 5) is 2.53. The molecule has 20 heavy (non-hydrogen) atoms. The zero-order valence-electron chi connectivity index (χ0n) is 11.9. The van der Waals surface area contributed by atoms with Crippen molar-refractivity contribution >= 4 is 21.6 Å². The summed E-state index contributed by atoms with van der Waals surface area (Å²) >= 11 is 3.63. The van der Waals surface area contributed by atoms with Crippen LogP contribution in [0.5, 0.6) is 0 Å². The molecule has 104 valence electrons. The summed E-state index contributed by atoms with van der Waals surface area (Å²) in [6.45, 7) is 4.32. The lowest BCUT2D eigenvalue weighted by atomic mass is 10.0. The monoisotopic (exact) mass is 329 g/mol. The van der Waals surface area contributed by atoms with Crippen LogP contribution >= 0.6 is 15.9 Å². The molecule has 0 aliphatic carbocycles. The quantitative estimate of drug-likeness (QED) is 0.712. The van der Waals surface area contributed by atoms with Crippen molar-refractivity contribution in [1.82, 2.24) is 0 Å². The molecule has 0 saturated heterocycles. The van der Waals surface area contributed by atoms with Gasteiger partial charge in [-0.05, 0) is 42.5 Å². The lowest BCUT2D eigenvalue weighted by molar-refractivity contribution is 0.763. The highest BCUT2D eigenvalue weighted by atomic mass is 79.9. The Bertz CT molecular complexity index is 606. The fourth-order valence-electron chi connectivity index (χ4n) is 3.04. The van der Waals surface area contributed by atoms with E-state index in [9.17, 15) is 0 Å². The molecule has 0 amide bonds. The number of benzene rings is 2. The molecule has 0 radical (unpaired) electrons. The van der Waals surface area contributed by atoms with Gasteiger partial charge in [-0.2, -0.15) is 0 Å². The number of hydrogen-bond donors (Lipinski definition) is 0. The number of rotatable bonds is 2. The Hall–Kier alpha value is -1.28. The van der Waals surface area contributed by atoms with E-state index in [0.717, 1.165) is 18.4 Å². The average Bonchev–Trinajstić information content (AvgIpc) is 2.69. The van der Waals surface area contributed by atoms with Gasteiger partial charge >= 0.3 is 0 Å². The standard InChI is InChI=1S/C18H20BrN/c1-14-8-9-18(17(11-14)12-19)20-10-4-7-15-5-2-3-6-16(15)13-20/h2-3,5-6,8-9,11H,4,7,10,12-13H2,1H3. The molecule has 1 nitrogen and oxygen atoms in total. The minimum Gasteiger partial charge on any atom is -0.367 e. The first-order valence-electron chi connectivity index (χ1n) is 7.25. The number of fused-ring (bicyclic) bond motifs is 1. The van der Waals surface area contributed by atoms with Gasteiger partial charge in [0.1, 0.15) is 0 Å². The van der Waals surface area contributed by atoms with Crippen LogP contribution in [-0.4, -0.2) is 6.54 Å². The summed E-state index contributed by atoms with van der Waals surface area (Å²) in [5.74, 6) is 0. The summed E-state index contributed by atoms with van der Waals surface area (Å²) < 4.78 is 0. The van der Waals surface area contributed by atoms with Crippen molar-refractivity contribution in [3.63, 3.8) is 0 Å². The highest BCUT2D eigenvalue weighted by Gasteiger charge is 2.16. The summed E-state index contributed by atoms with van der Waals surface area (Å²) in [5.41, 5.74) is 7.10.